The second-order valence-electron chi connectivity index (χ2n) is 4.76. The molecule has 0 heterocycles. The molecule has 0 atom stereocenters. The summed E-state index contributed by atoms with van der Waals surface area (Å²) >= 11 is 0. The van der Waals surface area contributed by atoms with E-state index in [-0.39, 0.29) is 12.2 Å². The molecule has 0 radical (unpaired) electrons. The van der Waals surface area contributed by atoms with Gasteiger partial charge in [-0.3, -0.25) is 10.1 Å². The predicted octanol–water partition coefficient (Wildman–Crippen LogP) is 2.91. The average molecular weight is 343 g/mol. The Morgan fingerprint density at radius 3 is 2.32 bits per heavy atom. The Hall–Kier alpha value is -3.35. The van der Waals surface area contributed by atoms with Gasteiger partial charge in [0.25, 0.3) is 5.91 Å². The first kappa shape index (κ1) is 18.0. The van der Waals surface area contributed by atoms with Crippen LogP contribution in [0.2, 0.25) is 0 Å². The molecule has 0 saturated heterocycles. The van der Waals surface area contributed by atoms with Gasteiger partial charge >= 0.3 is 12.1 Å². The fourth-order valence-corrected chi connectivity index (χ4v) is 1.87. The van der Waals surface area contributed by atoms with Crippen molar-refractivity contribution in [3.63, 3.8) is 0 Å². The maximum atomic E-state index is 12.2. The Morgan fingerprint density at radius 1 is 0.920 bits per heavy atom. The van der Waals surface area contributed by atoms with Crippen LogP contribution in [0.4, 0.5) is 4.79 Å². The van der Waals surface area contributed by atoms with Crippen molar-refractivity contribution >= 4 is 18.0 Å². The van der Waals surface area contributed by atoms with Crippen molar-refractivity contribution < 1.29 is 28.6 Å². The highest BCUT2D eigenvalue weighted by molar-refractivity contribution is 5.96. The maximum Gasteiger partial charge on any atom is 0.413 e. The van der Waals surface area contributed by atoms with Gasteiger partial charge in [-0.25, -0.2) is 9.59 Å². The first-order valence-electron chi connectivity index (χ1n) is 7.55. The molecule has 0 aliphatic heterocycles. The second kappa shape index (κ2) is 9.07. The third-order valence-electron chi connectivity index (χ3n) is 2.93. The van der Waals surface area contributed by atoms with Crippen LogP contribution >= 0.6 is 0 Å². The third kappa shape index (κ3) is 5.65. The molecule has 0 bridgehead atoms. The molecular weight excluding hydrogens is 326 g/mol. The van der Waals surface area contributed by atoms with Gasteiger partial charge < -0.3 is 14.2 Å². The average Bonchev–Trinajstić information content (AvgIpc) is 2.61. The number of hydrogen-bond donors (Lipinski definition) is 1. The summed E-state index contributed by atoms with van der Waals surface area (Å²) in [6.45, 7) is 1.12. The third-order valence-corrected chi connectivity index (χ3v) is 2.93. The number of amides is 2. The molecule has 0 fully saturated rings. The van der Waals surface area contributed by atoms with Gasteiger partial charge in [0, 0.05) is 0 Å². The number of imide groups is 1. The number of alkyl carbamates (subject to hydrolysis) is 1. The summed E-state index contributed by atoms with van der Waals surface area (Å²) in [6, 6.07) is 15.4. The van der Waals surface area contributed by atoms with Crippen LogP contribution in [0.25, 0.3) is 0 Å². The molecule has 7 heteroatoms. The van der Waals surface area contributed by atoms with Gasteiger partial charge in [-0.1, -0.05) is 30.3 Å². The normalized spacial score (nSPS) is 9.80. The van der Waals surface area contributed by atoms with Gasteiger partial charge in [-0.15, -0.1) is 0 Å². The van der Waals surface area contributed by atoms with E-state index in [4.69, 9.17) is 9.47 Å². The molecule has 2 aromatic rings. The highest BCUT2D eigenvalue weighted by Gasteiger charge is 2.17. The molecular formula is C18H17NO6. The zero-order valence-corrected chi connectivity index (χ0v) is 13.6. The van der Waals surface area contributed by atoms with Crippen LogP contribution in [0.3, 0.4) is 0 Å². The molecule has 0 aromatic heterocycles. The highest BCUT2D eigenvalue weighted by atomic mass is 16.6. The molecule has 2 amide bonds. The number of hydrogen-bond acceptors (Lipinski definition) is 6. The standard InChI is InChI=1S/C18H17NO6/c1-2-23-18(22)19-16(20)12-24-17(21)14-10-6-7-11-15(14)25-13-8-4-3-5-9-13/h3-11H,2,12H2,1H3,(H,19,20,22). The van der Waals surface area contributed by atoms with Crippen LogP contribution in [-0.4, -0.2) is 31.2 Å². The van der Waals surface area contributed by atoms with Crippen LogP contribution in [0.15, 0.2) is 54.6 Å². The van der Waals surface area contributed by atoms with Crippen molar-refractivity contribution in [2.24, 2.45) is 0 Å². The minimum atomic E-state index is -0.892. The summed E-state index contributed by atoms with van der Waals surface area (Å²) in [5.74, 6) is -0.675. The minimum Gasteiger partial charge on any atom is -0.456 e. The van der Waals surface area contributed by atoms with Crippen molar-refractivity contribution in [2.45, 2.75) is 6.92 Å². The number of rotatable bonds is 6. The summed E-state index contributed by atoms with van der Waals surface area (Å²) < 4.78 is 15.1. The van der Waals surface area contributed by atoms with E-state index < -0.39 is 24.6 Å². The number of carbonyl (C=O) groups is 3. The lowest BCUT2D eigenvalue weighted by Crippen LogP contribution is -2.34. The Morgan fingerprint density at radius 2 is 1.60 bits per heavy atom. The van der Waals surface area contributed by atoms with Gasteiger partial charge in [0.1, 0.15) is 17.1 Å². The Kier molecular flexibility index (Phi) is 6.53. The van der Waals surface area contributed by atoms with E-state index in [9.17, 15) is 14.4 Å². The van der Waals surface area contributed by atoms with E-state index in [1.165, 1.54) is 6.07 Å². The molecule has 0 unspecified atom stereocenters. The maximum absolute atomic E-state index is 12.2. The summed E-state index contributed by atoms with van der Waals surface area (Å²) in [5.41, 5.74) is 0.162. The van der Waals surface area contributed by atoms with Crippen molar-refractivity contribution in [1.82, 2.24) is 5.32 Å². The first-order valence-corrected chi connectivity index (χ1v) is 7.55. The molecule has 25 heavy (non-hydrogen) atoms. The van der Waals surface area contributed by atoms with E-state index in [0.29, 0.717) is 11.5 Å². The van der Waals surface area contributed by atoms with Gasteiger partial charge in [-0.05, 0) is 31.2 Å². The van der Waals surface area contributed by atoms with E-state index in [2.05, 4.69) is 4.74 Å². The van der Waals surface area contributed by atoms with E-state index in [1.807, 2.05) is 11.4 Å². The predicted molar refractivity (Wildman–Crippen MR) is 88.4 cm³/mol. The van der Waals surface area contributed by atoms with Crippen LogP contribution in [0.5, 0.6) is 11.5 Å². The largest absolute Gasteiger partial charge is 0.456 e. The van der Waals surface area contributed by atoms with Gasteiger partial charge in [0.05, 0.1) is 6.61 Å². The zero-order chi connectivity index (χ0) is 18.1. The summed E-state index contributed by atoms with van der Waals surface area (Å²) in [4.78, 5) is 34.8. The highest BCUT2D eigenvalue weighted by Crippen LogP contribution is 2.25. The summed E-state index contributed by atoms with van der Waals surface area (Å²) in [5, 5.41) is 1.93. The minimum absolute atomic E-state index is 0.128. The molecule has 0 saturated carbocycles. The number of nitrogens with one attached hydrogen (secondary N) is 1. The molecule has 2 aromatic carbocycles. The molecule has 2 rings (SSSR count). The van der Waals surface area contributed by atoms with E-state index >= 15 is 0 Å². The number of carbonyl (C=O) groups excluding carboxylic acids is 3. The monoisotopic (exact) mass is 343 g/mol. The lowest BCUT2D eigenvalue weighted by Gasteiger charge is -2.11. The van der Waals surface area contributed by atoms with Gasteiger partial charge in [0.15, 0.2) is 6.61 Å². The Balaban J connectivity index is 1.98. The lowest BCUT2D eigenvalue weighted by atomic mass is 10.2. The lowest BCUT2D eigenvalue weighted by molar-refractivity contribution is -0.123. The van der Waals surface area contributed by atoms with Gasteiger partial charge in [-0.2, -0.15) is 0 Å². The molecule has 0 aliphatic rings. The number of para-hydroxylation sites is 2. The zero-order valence-electron chi connectivity index (χ0n) is 13.6. The first-order chi connectivity index (χ1) is 12.1. The Labute approximate surface area is 144 Å². The molecule has 7 nitrogen and oxygen atoms in total. The second-order valence-corrected chi connectivity index (χ2v) is 4.76. The number of ether oxygens (including phenoxy) is 3. The van der Waals surface area contributed by atoms with Crippen molar-refractivity contribution in [1.29, 1.82) is 0 Å². The summed E-state index contributed by atoms with van der Waals surface area (Å²) in [7, 11) is 0. The van der Waals surface area contributed by atoms with Crippen molar-refractivity contribution in [3.8, 4) is 11.5 Å². The van der Waals surface area contributed by atoms with Crippen LogP contribution in [0.1, 0.15) is 17.3 Å². The van der Waals surface area contributed by atoms with Gasteiger partial charge in [0.2, 0.25) is 0 Å². The van der Waals surface area contributed by atoms with Crippen LogP contribution in [0, 0.1) is 0 Å². The fourth-order valence-electron chi connectivity index (χ4n) is 1.87. The van der Waals surface area contributed by atoms with E-state index in [0.717, 1.165) is 0 Å². The molecule has 130 valence electrons. The molecule has 1 N–H and O–H groups in total. The van der Waals surface area contributed by atoms with Crippen LogP contribution in [-0.2, 0) is 14.3 Å². The van der Waals surface area contributed by atoms with Crippen molar-refractivity contribution in [2.75, 3.05) is 13.2 Å². The number of esters is 1. The fraction of sp³-hybridized carbons (Fsp3) is 0.167. The van der Waals surface area contributed by atoms with Crippen LogP contribution < -0.4 is 10.1 Å². The van der Waals surface area contributed by atoms with E-state index in [1.54, 1.807) is 49.4 Å². The van der Waals surface area contributed by atoms with Crippen molar-refractivity contribution in [3.05, 3.63) is 60.2 Å². The topological polar surface area (TPSA) is 90.9 Å². The smallest absolute Gasteiger partial charge is 0.413 e. The summed E-state index contributed by atoms with van der Waals surface area (Å²) in [6.07, 6.45) is -0.892. The SMILES string of the molecule is CCOC(=O)NC(=O)COC(=O)c1ccccc1Oc1ccccc1. The quantitative estimate of drug-likeness (QED) is 0.811. The Bertz CT molecular complexity index is 744. The molecule has 0 aliphatic carbocycles. The number of benzene rings is 2. The molecule has 0 spiro atoms.